The molecule has 0 radical (unpaired) electrons. The molecule has 2 fully saturated rings. The largest absolute Gasteiger partial charge is 0.339 e. The highest BCUT2D eigenvalue weighted by Gasteiger charge is 2.68. The number of halogens is 3. The molecule has 1 aromatic carbocycles. The van der Waals surface area contributed by atoms with Gasteiger partial charge >= 0.3 is 0 Å². The molecule has 4 nitrogen and oxygen atoms in total. The first kappa shape index (κ1) is 18.6. The SMILES string of the molecule is CC1(C)[C@@H]2CCC1(C(=O)N1CCC(F)C1)c1nnc(-c3c(F)cccc3F)cc12. The molecule has 1 aliphatic heterocycles. The average Bonchev–Trinajstić information content (AvgIpc) is 3.28. The molecular formula is C22H22F3N3O. The zero-order chi connectivity index (χ0) is 20.6. The van der Waals surface area contributed by atoms with Crippen LogP contribution in [0.15, 0.2) is 24.3 Å². The van der Waals surface area contributed by atoms with E-state index in [0.29, 0.717) is 25.1 Å². The van der Waals surface area contributed by atoms with Gasteiger partial charge in [-0.05, 0) is 54.4 Å². The minimum atomic E-state index is -0.992. The molecule has 3 atom stereocenters. The van der Waals surface area contributed by atoms with Crippen LogP contribution in [0.2, 0.25) is 0 Å². The van der Waals surface area contributed by atoms with Gasteiger partial charge in [-0.3, -0.25) is 4.79 Å². The molecule has 3 aliphatic rings. The molecule has 2 unspecified atom stereocenters. The van der Waals surface area contributed by atoms with Crippen molar-refractivity contribution in [3.05, 3.63) is 47.2 Å². The van der Waals surface area contributed by atoms with Gasteiger partial charge in [-0.1, -0.05) is 19.9 Å². The number of aromatic nitrogens is 2. The predicted molar refractivity (Wildman–Crippen MR) is 101 cm³/mol. The van der Waals surface area contributed by atoms with E-state index in [1.807, 2.05) is 13.8 Å². The first-order valence-corrected chi connectivity index (χ1v) is 10.0. The van der Waals surface area contributed by atoms with Gasteiger partial charge in [0.1, 0.15) is 17.8 Å². The number of likely N-dealkylation sites (tertiary alicyclic amines) is 1. The third-order valence-electron chi connectivity index (χ3n) is 7.38. The molecule has 7 heteroatoms. The van der Waals surface area contributed by atoms with Crippen molar-refractivity contribution in [3.8, 4) is 11.3 Å². The molecule has 0 spiro atoms. The number of benzene rings is 1. The molecule has 1 aromatic heterocycles. The number of hydrogen-bond acceptors (Lipinski definition) is 3. The lowest BCUT2D eigenvalue weighted by Crippen LogP contribution is -2.51. The molecule has 1 amide bonds. The lowest BCUT2D eigenvalue weighted by atomic mass is 9.67. The molecular weight excluding hydrogens is 379 g/mol. The fourth-order valence-corrected chi connectivity index (χ4v) is 5.83. The maximum absolute atomic E-state index is 14.3. The molecule has 0 N–H and O–H groups in total. The fourth-order valence-electron chi connectivity index (χ4n) is 5.83. The summed E-state index contributed by atoms with van der Waals surface area (Å²) in [5.41, 5.74) is 0.0572. The van der Waals surface area contributed by atoms with Gasteiger partial charge in [0.15, 0.2) is 0 Å². The van der Waals surface area contributed by atoms with Gasteiger partial charge < -0.3 is 4.90 Å². The Hall–Kier alpha value is -2.44. The van der Waals surface area contributed by atoms with Crippen LogP contribution in [0, 0.1) is 17.0 Å². The Morgan fingerprint density at radius 1 is 1.17 bits per heavy atom. The summed E-state index contributed by atoms with van der Waals surface area (Å²) in [6.45, 7) is 4.60. The maximum atomic E-state index is 14.3. The number of nitrogens with zero attached hydrogens (tertiary/aromatic N) is 3. The summed E-state index contributed by atoms with van der Waals surface area (Å²) in [5, 5.41) is 8.48. The third-order valence-corrected chi connectivity index (χ3v) is 7.38. The van der Waals surface area contributed by atoms with E-state index in [2.05, 4.69) is 10.2 Å². The van der Waals surface area contributed by atoms with Gasteiger partial charge in [-0.2, -0.15) is 5.10 Å². The van der Waals surface area contributed by atoms with Crippen LogP contribution >= 0.6 is 0 Å². The van der Waals surface area contributed by atoms with E-state index in [1.165, 1.54) is 18.2 Å². The standard InChI is InChI=1S/C22H22F3N3O/c1-21(2)14-6-8-22(21,20(29)28-9-7-12(23)11-28)19-13(14)10-17(26-27-19)18-15(24)4-3-5-16(18)25/h3-5,10,12,14H,6-9,11H2,1-2H3/t12?,14-,22?/m1/s1. The van der Waals surface area contributed by atoms with E-state index in [1.54, 1.807) is 11.0 Å². The van der Waals surface area contributed by atoms with Gasteiger partial charge in [0, 0.05) is 6.54 Å². The van der Waals surface area contributed by atoms with Crippen molar-refractivity contribution in [1.29, 1.82) is 0 Å². The minimum Gasteiger partial charge on any atom is -0.339 e. The smallest absolute Gasteiger partial charge is 0.235 e. The Balaban J connectivity index is 1.64. The molecule has 1 saturated heterocycles. The molecule has 2 bridgehead atoms. The van der Waals surface area contributed by atoms with Gasteiger partial charge in [0.2, 0.25) is 5.91 Å². The zero-order valence-corrected chi connectivity index (χ0v) is 16.4. The summed E-state index contributed by atoms with van der Waals surface area (Å²) < 4.78 is 42.3. The van der Waals surface area contributed by atoms with Crippen molar-refractivity contribution < 1.29 is 18.0 Å². The van der Waals surface area contributed by atoms with Crippen LogP contribution in [-0.4, -0.2) is 40.3 Å². The summed E-state index contributed by atoms with van der Waals surface area (Å²) in [5.74, 6) is -1.45. The summed E-state index contributed by atoms with van der Waals surface area (Å²) in [7, 11) is 0. The van der Waals surface area contributed by atoms with E-state index in [9.17, 15) is 18.0 Å². The third kappa shape index (κ3) is 2.30. The van der Waals surface area contributed by atoms with Crippen molar-refractivity contribution in [3.63, 3.8) is 0 Å². The number of alkyl halides is 1. The van der Waals surface area contributed by atoms with Crippen LogP contribution in [0.3, 0.4) is 0 Å². The fraction of sp³-hybridized carbons (Fsp3) is 0.500. The van der Waals surface area contributed by atoms with Crippen molar-refractivity contribution >= 4 is 5.91 Å². The molecule has 2 aliphatic carbocycles. The van der Waals surface area contributed by atoms with Crippen LogP contribution in [0.25, 0.3) is 11.3 Å². The molecule has 2 aromatic rings. The van der Waals surface area contributed by atoms with Crippen molar-refractivity contribution in [2.24, 2.45) is 5.41 Å². The van der Waals surface area contributed by atoms with Gasteiger partial charge in [0.05, 0.1) is 28.9 Å². The Kier molecular flexibility index (Phi) is 3.86. The topological polar surface area (TPSA) is 46.1 Å². The zero-order valence-electron chi connectivity index (χ0n) is 16.4. The average molecular weight is 401 g/mol. The lowest BCUT2D eigenvalue weighted by molar-refractivity contribution is -0.140. The normalized spacial score (nSPS) is 29.3. The van der Waals surface area contributed by atoms with Gasteiger partial charge in [-0.15, -0.1) is 5.10 Å². The summed E-state index contributed by atoms with van der Waals surface area (Å²) in [6, 6.07) is 5.37. The number of rotatable bonds is 2. The van der Waals surface area contributed by atoms with Crippen molar-refractivity contribution in [2.75, 3.05) is 13.1 Å². The van der Waals surface area contributed by atoms with Crippen molar-refractivity contribution in [2.45, 2.75) is 50.6 Å². The Bertz CT molecular complexity index is 1000. The summed E-state index contributed by atoms with van der Waals surface area (Å²) >= 11 is 0. The van der Waals surface area contributed by atoms with E-state index in [-0.39, 0.29) is 29.6 Å². The van der Waals surface area contributed by atoms with E-state index >= 15 is 0 Å². The van der Waals surface area contributed by atoms with Crippen molar-refractivity contribution in [1.82, 2.24) is 15.1 Å². The number of carbonyl (C=O) groups is 1. The van der Waals surface area contributed by atoms with Gasteiger partial charge in [-0.25, -0.2) is 13.2 Å². The van der Waals surface area contributed by atoms with Crippen LogP contribution in [-0.2, 0) is 10.2 Å². The van der Waals surface area contributed by atoms with E-state index in [0.717, 1.165) is 12.0 Å². The van der Waals surface area contributed by atoms with Crippen LogP contribution < -0.4 is 0 Å². The number of carbonyl (C=O) groups excluding carboxylic acids is 1. The Labute approximate surface area is 167 Å². The molecule has 29 heavy (non-hydrogen) atoms. The van der Waals surface area contributed by atoms with Crippen LogP contribution in [0.5, 0.6) is 0 Å². The minimum absolute atomic E-state index is 0.0364. The lowest BCUT2D eigenvalue weighted by Gasteiger charge is -2.39. The number of fused-ring (bicyclic) bond motifs is 5. The maximum Gasteiger partial charge on any atom is 0.235 e. The molecule has 1 saturated carbocycles. The quantitative estimate of drug-likeness (QED) is 0.760. The molecule has 5 rings (SSSR count). The van der Waals surface area contributed by atoms with Crippen LogP contribution in [0.1, 0.15) is 50.3 Å². The Morgan fingerprint density at radius 2 is 1.90 bits per heavy atom. The monoisotopic (exact) mass is 401 g/mol. The number of amides is 1. The van der Waals surface area contributed by atoms with Gasteiger partial charge in [0.25, 0.3) is 0 Å². The predicted octanol–water partition coefficient (Wildman–Crippen LogP) is 4.15. The first-order valence-electron chi connectivity index (χ1n) is 10.0. The number of hydrogen-bond donors (Lipinski definition) is 0. The van der Waals surface area contributed by atoms with E-state index < -0.39 is 28.6 Å². The highest BCUT2D eigenvalue weighted by molar-refractivity contribution is 5.92. The van der Waals surface area contributed by atoms with Crippen LogP contribution in [0.4, 0.5) is 13.2 Å². The van der Waals surface area contributed by atoms with E-state index in [4.69, 9.17) is 0 Å². The second-order valence-corrected chi connectivity index (χ2v) is 8.99. The Morgan fingerprint density at radius 3 is 2.55 bits per heavy atom. The first-order chi connectivity index (χ1) is 13.8. The molecule has 152 valence electrons. The summed E-state index contributed by atoms with van der Waals surface area (Å²) in [6.07, 6.45) is 0.777. The second-order valence-electron chi connectivity index (χ2n) is 8.99. The summed E-state index contributed by atoms with van der Waals surface area (Å²) in [4.78, 5) is 15.2. The molecule has 2 heterocycles. The second kappa shape index (κ2) is 6.03. The highest BCUT2D eigenvalue weighted by atomic mass is 19.1. The highest BCUT2D eigenvalue weighted by Crippen LogP contribution is 2.68.